The number of hydrogen-bond donors (Lipinski definition) is 0. The Bertz CT molecular complexity index is 1730. The zero-order chi connectivity index (χ0) is 29.3. The van der Waals surface area contributed by atoms with Crippen molar-refractivity contribution in [3.63, 3.8) is 0 Å². The molecule has 0 amide bonds. The van der Waals surface area contributed by atoms with Crippen LogP contribution in [0.2, 0.25) is 0 Å². The second kappa shape index (κ2) is 13.0. The predicted octanol–water partition coefficient (Wildman–Crippen LogP) is 9.70. The molecule has 0 aliphatic heterocycles. The number of nitriles is 1. The predicted molar refractivity (Wildman–Crippen MR) is 176 cm³/mol. The van der Waals surface area contributed by atoms with Gasteiger partial charge in [0.2, 0.25) is 0 Å². The summed E-state index contributed by atoms with van der Waals surface area (Å²) in [5.74, 6) is 0. The summed E-state index contributed by atoms with van der Waals surface area (Å²) in [4.78, 5) is 8.05. The van der Waals surface area contributed by atoms with Crippen molar-refractivity contribution in [2.24, 2.45) is 0 Å². The SMILES string of the molecule is [C-]#[N+]C(=Cc1ccc(C=C(C#N)c2ccc(N(C)C)cc2)cc1)c1ccc(N(c2ccccc2)c2ccccc2)cc1. The molecule has 0 spiro atoms. The number of para-hydroxylation sites is 2. The maximum Gasteiger partial charge on any atom is 0.194 e. The average molecular weight is 543 g/mol. The molecule has 5 aromatic carbocycles. The number of hydrogen-bond acceptors (Lipinski definition) is 3. The first kappa shape index (κ1) is 27.7. The molecule has 5 aromatic rings. The van der Waals surface area contributed by atoms with Crippen LogP contribution in [0.3, 0.4) is 0 Å². The van der Waals surface area contributed by atoms with Gasteiger partial charge in [-0.2, -0.15) is 5.26 Å². The molecule has 4 heteroatoms. The van der Waals surface area contributed by atoms with Crippen molar-refractivity contribution < 1.29 is 0 Å². The minimum absolute atomic E-state index is 0.564. The first-order valence-electron chi connectivity index (χ1n) is 13.6. The van der Waals surface area contributed by atoms with Crippen molar-refractivity contribution in [3.05, 3.63) is 167 Å². The van der Waals surface area contributed by atoms with Gasteiger partial charge in [0.25, 0.3) is 0 Å². The number of rotatable bonds is 8. The van der Waals surface area contributed by atoms with Crippen molar-refractivity contribution >= 4 is 46.2 Å². The molecule has 0 aromatic heterocycles. The Kier molecular flexibility index (Phi) is 8.58. The Hall–Kier alpha value is -5.84. The fourth-order valence-electron chi connectivity index (χ4n) is 4.70. The highest BCUT2D eigenvalue weighted by molar-refractivity contribution is 5.90. The van der Waals surface area contributed by atoms with Crippen LogP contribution < -0.4 is 9.80 Å². The summed E-state index contributed by atoms with van der Waals surface area (Å²) in [7, 11) is 3.98. The van der Waals surface area contributed by atoms with Crippen LogP contribution in [0.15, 0.2) is 133 Å². The second-order valence-corrected chi connectivity index (χ2v) is 9.97. The van der Waals surface area contributed by atoms with Crippen LogP contribution in [0.5, 0.6) is 0 Å². The van der Waals surface area contributed by atoms with E-state index in [-0.39, 0.29) is 0 Å². The molecule has 42 heavy (non-hydrogen) atoms. The smallest absolute Gasteiger partial charge is 0.194 e. The lowest BCUT2D eigenvalue weighted by Crippen LogP contribution is -2.09. The summed E-state index contributed by atoms with van der Waals surface area (Å²) in [5.41, 5.74) is 8.98. The van der Waals surface area contributed by atoms with Gasteiger partial charge in [0, 0.05) is 36.8 Å². The second-order valence-electron chi connectivity index (χ2n) is 9.97. The molecule has 0 saturated carbocycles. The standard InChI is InChI=1S/C38H30N4/c1-40-38(27-30-16-14-29(15-17-30)26-33(28-39)31-18-22-34(23-19-31)41(2)3)32-20-24-37(25-21-32)42(35-10-6-4-7-11-35)36-12-8-5-9-13-36/h4-27H,2-3H3. The molecule has 0 aliphatic carbocycles. The third-order valence-electron chi connectivity index (χ3n) is 6.94. The fraction of sp³-hybridized carbons (Fsp3) is 0.0526. The van der Waals surface area contributed by atoms with E-state index in [0.29, 0.717) is 11.3 Å². The molecule has 0 heterocycles. The third kappa shape index (κ3) is 6.48. The van der Waals surface area contributed by atoms with Gasteiger partial charge in [0.05, 0.1) is 18.2 Å². The van der Waals surface area contributed by atoms with Crippen LogP contribution in [0.25, 0.3) is 28.3 Å². The van der Waals surface area contributed by atoms with Crippen molar-refractivity contribution in [2.45, 2.75) is 0 Å². The van der Waals surface area contributed by atoms with Gasteiger partial charge in [-0.25, -0.2) is 4.85 Å². The lowest BCUT2D eigenvalue weighted by Gasteiger charge is -2.25. The van der Waals surface area contributed by atoms with Crippen molar-refractivity contribution in [2.75, 3.05) is 23.9 Å². The van der Waals surface area contributed by atoms with E-state index in [4.69, 9.17) is 6.57 Å². The Balaban J connectivity index is 1.37. The van der Waals surface area contributed by atoms with Gasteiger partial charge in [0.1, 0.15) is 0 Å². The normalized spacial score (nSPS) is 11.3. The minimum Gasteiger partial charge on any atom is -0.378 e. The Morgan fingerprint density at radius 1 is 0.595 bits per heavy atom. The van der Waals surface area contributed by atoms with E-state index in [1.165, 1.54) is 0 Å². The van der Waals surface area contributed by atoms with E-state index in [9.17, 15) is 5.26 Å². The molecule has 0 aliphatic rings. The van der Waals surface area contributed by atoms with Crippen LogP contribution in [-0.4, -0.2) is 14.1 Å². The van der Waals surface area contributed by atoms with Gasteiger partial charge in [-0.3, -0.25) is 0 Å². The molecular weight excluding hydrogens is 512 g/mol. The highest BCUT2D eigenvalue weighted by Gasteiger charge is 2.12. The quantitative estimate of drug-likeness (QED) is 0.111. The molecule has 0 unspecified atom stereocenters. The van der Waals surface area contributed by atoms with Crippen LogP contribution >= 0.6 is 0 Å². The summed E-state index contributed by atoms with van der Waals surface area (Å²) < 4.78 is 0. The zero-order valence-electron chi connectivity index (χ0n) is 23.6. The molecule has 0 radical (unpaired) electrons. The number of anilines is 4. The van der Waals surface area contributed by atoms with Crippen LogP contribution in [-0.2, 0) is 0 Å². The van der Waals surface area contributed by atoms with Gasteiger partial charge in [-0.05, 0) is 82.9 Å². The van der Waals surface area contributed by atoms with E-state index in [1.54, 1.807) is 0 Å². The molecule has 5 rings (SSSR count). The van der Waals surface area contributed by atoms with E-state index in [0.717, 1.165) is 45.0 Å². The molecule has 0 saturated heterocycles. The van der Waals surface area contributed by atoms with Gasteiger partial charge in [-0.1, -0.05) is 84.9 Å². The summed E-state index contributed by atoms with van der Waals surface area (Å²) in [6.07, 6.45) is 3.78. The van der Waals surface area contributed by atoms with E-state index < -0.39 is 0 Å². The van der Waals surface area contributed by atoms with Crippen LogP contribution in [0.1, 0.15) is 22.3 Å². The highest BCUT2D eigenvalue weighted by Crippen LogP contribution is 2.35. The molecule has 4 nitrogen and oxygen atoms in total. The third-order valence-corrected chi connectivity index (χ3v) is 6.94. The lowest BCUT2D eigenvalue weighted by atomic mass is 10.0. The van der Waals surface area contributed by atoms with Crippen molar-refractivity contribution in [3.8, 4) is 6.07 Å². The van der Waals surface area contributed by atoms with E-state index >= 15 is 0 Å². The molecule has 0 atom stereocenters. The zero-order valence-corrected chi connectivity index (χ0v) is 23.6. The van der Waals surface area contributed by atoms with E-state index in [2.05, 4.69) is 52.2 Å². The Morgan fingerprint density at radius 3 is 1.52 bits per heavy atom. The summed E-state index contributed by atoms with van der Waals surface area (Å²) >= 11 is 0. The fourth-order valence-corrected chi connectivity index (χ4v) is 4.70. The summed E-state index contributed by atoms with van der Waals surface area (Å²) in [6.45, 7) is 7.85. The van der Waals surface area contributed by atoms with Gasteiger partial charge in [0.15, 0.2) is 5.70 Å². The highest BCUT2D eigenvalue weighted by atomic mass is 15.1. The number of benzene rings is 5. The molecule has 0 fully saturated rings. The monoisotopic (exact) mass is 542 g/mol. The first-order chi connectivity index (χ1) is 20.6. The Morgan fingerprint density at radius 2 is 1.05 bits per heavy atom. The van der Waals surface area contributed by atoms with Crippen LogP contribution in [0, 0.1) is 17.9 Å². The van der Waals surface area contributed by atoms with Crippen molar-refractivity contribution in [1.29, 1.82) is 5.26 Å². The Labute approximate surface area is 248 Å². The molecule has 0 N–H and O–H groups in total. The molecule has 0 bridgehead atoms. The summed E-state index contributed by atoms with van der Waals surface area (Å²) in [6, 6.07) is 46.8. The lowest BCUT2D eigenvalue weighted by molar-refractivity contribution is 1.13. The number of allylic oxidation sites excluding steroid dienone is 1. The maximum atomic E-state index is 9.76. The van der Waals surface area contributed by atoms with Crippen LogP contribution in [0.4, 0.5) is 22.7 Å². The minimum atomic E-state index is 0.564. The topological polar surface area (TPSA) is 34.6 Å². The maximum absolute atomic E-state index is 9.76. The van der Waals surface area contributed by atoms with E-state index in [1.807, 2.05) is 128 Å². The van der Waals surface area contributed by atoms with Gasteiger partial charge in [-0.15, -0.1) is 0 Å². The average Bonchev–Trinajstić information content (AvgIpc) is 3.05. The molecular formula is C38H30N4. The van der Waals surface area contributed by atoms with Gasteiger partial charge >= 0.3 is 0 Å². The first-order valence-corrected chi connectivity index (χ1v) is 13.6. The largest absolute Gasteiger partial charge is 0.378 e. The van der Waals surface area contributed by atoms with Gasteiger partial charge < -0.3 is 9.80 Å². The molecule has 202 valence electrons. The number of nitrogens with zero attached hydrogens (tertiary/aromatic N) is 4. The summed E-state index contributed by atoms with van der Waals surface area (Å²) in [5, 5.41) is 9.76. The van der Waals surface area contributed by atoms with Crippen molar-refractivity contribution in [1.82, 2.24) is 0 Å².